The number of carboxylic acids is 1. The van der Waals surface area contributed by atoms with Crippen LogP contribution in [0.2, 0.25) is 0 Å². The maximum Gasteiger partial charge on any atom is 2.00 e. The van der Waals surface area contributed by atoms with Crippen LogP contribution in [-0.4, -0.2) is 11.1 Å². The van der Waals surface area contributed by atoms with E-state index in [1.165, 1.54) is 0 Å². The van der Waals surface area contributed by atoms with Crippen molar-refractivity contribution in [2.45, 2.75) is 65.2 Å². The number of aliphatic carboxylic acids is 1. The van der Waals surface area contributed by atoms with Crippen LogP contribution in [0.1, 0.15) is 64.7 Å². The fourth-order valence-corrected chi connectivity index (χ4v) is 2.23. The summed E-state index contributed by atoms with van der Waals surface area (Å²) >= 11 is 0. The van der Waals surface area contributed by atoms with E-state index in [2.05, 4.69) is 0 Å². The Hall–Kier alpha value is -1.02. The first-order valence-corrected chi connectivity index (χ1v) is 6.99. The zero-order valence-electron chi connectivity index (χ0n) is 13.6. The summed E-state index contributed by atoms with van der Waals surface area (Å²) in [4.78, 5) is 10.6. The molecule has 1 aromatic carbocycles. The van der Waals surface area contributed by atoms with Crippen LogP contribution in [-0.2, 0) is 38.5 Å². The minimum Gasteiger partial charge on any atom is -0.550 e. The number of aromatic hydroxyl groups is 1. The van der Waals surface area contributed by atoms with Gasteiger partial charge in [-0.25, -0.2) is 0 Å². The summed E-state index contributed by atoms with van der Waals surface area (Å²) in [5.41, 5.74) is 2.27. The zero-order chi connectivity index (χ0) is 15.7. The van der Waals surface area contributed by atoms with Gasteiger partial charge in [-0.15, -0.1) is 0 Å². The molecule has 0 saturated heterocycles. The van der Waals surface area contributed by atoms with Crippen LogP contribution in [0, 0.1) is 0 Å². The molecule has 0 aliphatic heterocycles. The van der Waals surface area contributed by atoms with E-state index in [0.29, 0.717) is 12.2 Å². The van der Waals surface area contributed by atoms with Crippen LogP contribution in [0.15, 0.2) is 12.1 Å². The Morgan fingerprint density at radius 3 is 1.71 bits per heavy atom. The van der Waals surface area contributed by atoms with Crippen molar-refractivity contribution in [1.29, 1.82) is 0 Å². The van der Waals surface area contributed by atoms with Gasteiger partial charge in [-0.1, -0.05) is 53.7 Å². The Morgan fingerprint density at radius 2 is 1.43 bits per heavy atom. The largest absolute Gasteiger partial charge is 2.00 e. The van der Waals surface area contributed by atoms with Gasteiger partial charge in [0.15, 0.2) is 0 Å². The SMILES string of the molecule is CC(C)(C)c1cc(CCC(=O)[O-])cc(C(C)(C)C)c1O.[Ni+2]. The second-order valence-corrected chi connectivity index (χ2v) is 7.41. The maximum atomic E-state index is 10.6. The molecule has 120 valence electrons. The Balaban J connectivity index is 0.00000400. The number of aryl methyl sites for hydroxylation is 1. The molecule has 0 fully saturated rings. The molecule has 0 aliphatic rings. The van der Waals surface area contributed by atoms with Gasteiger partial charge in [0.1, 0.15) is 5.75 Å². The van der Waals surface area contributed by atoms with Crippen LogP contribution in [0.4, 0.5) is 0 Å². The molecule has 1 aromatic rings. The number of hydrogen-bond acceptors (Lipinski definition) is 3. The van der Waals surface area contributed by atoms with E-state index < -0.39 is 5.97 Å². The number of benzene rings is 1. The Kier molecular flexibility index (Phi) is 6.50. The molecule has 0 heterocycles. The summed E-state index contributed by atoms with van der Waals surface area (Å²) in [7, 11) is 0. The van der Waals surface area contributed by atoms with Crippen molar-refractivity contribution in [3.05, 3.63) is 28.8 Å². The standard InChI is InChI=1S/C17H26O3.Ni/c1-16(2,3)12-9-11(7-8-14(18)19)10-13(15(12)20)17(4,5)6;/h9-10,20H,7-8H2,1-6H3,(H,18,19);/q;+2/p-1. The predicted molar refractivity (Wildman–Crippen MR) is 78.8 cm³/mol. The number of phenols is 1. The van der Waals surface area contributed by atoms with Crippen molar-refractivity contribution in [1.82, 2.24) is 0 Å². The smallest absolute Gasteiger partial charge is 0.550 e. The average molecular weight is 336 g/mol. The number of hydrogen-bond donors (Lipinski definition) is 1. The normalized spacial score (nSPS) is 11.9. The second kappa shape index (κ2) is 6.83. The van der Waals surface area contributed by atoms with Gasteiger partial charge >= 0.3 is 16.5 Å². The molecule has 0 spiro atoms. The molecular formula is C17H25NiO3+. The van der Waals surface area contributed by atoms with E-state index in [1.54, 1.807) is 0 Å². The van der Waals surface area contributed by atoms with Gasteiger partial charge in [0.2, 0.25) is 0 Å². The first kappa shape index (κ1) is 20.0. The molecule has 0 aliphatic carbocycles. The quantitative estimate of drug-likeness (QED) is 0.864. The predicted octanol–water partition coefficient (Wildman–Crippen LogP) is 2.67. The van der Waals surface area contributed by atoms with Gasteiger partial charge < -0.3 is 15.0 Å². The summed E-state index contributed by atoms with van der Waals surface area (Å²) in [6, 6.07) is 3.82. The second-order valence-electron chi connectivity index (χ2n) is 7.41. The number of rotatable bonds is 3. The maximum absolute atomic E-state index is 10.6. The molecule has 4 heteroatoms. The van der Waals surface area contributed by atoms with Crippen LogP contribution in [0.3, 0.4) is 0 Å². The summed E-state index contributed by atoms with van der Waals surface area (Å²) in [6.45, 7) is 12.2. The summed E-state index contributed by atoms with van der Waals surface area (Å²) in [6.07, 6.45) is 0.423. The fraction of sp³-hybridized carbons (Fsp3) is 0.588. The molecule has 21 heavy (non-hydrogen) atoms. The average Bonchev–Trinajstić information content (AvgIpc) is 2.24. The number of carbonyl (C=O) groups is 1. The molecule has 0 unspecified atom stereocenters. The van der Waals surface area contributed by atoms with Crippen molar-refractivity contribution in [3.8, 4) is 5.75 Å². The molecule has 3 nitrogen and oxygen atoms in total. The molecule has 0 bridgehead atoms. The molecule has 0 saturated carbocycles. The summed E-state index contributed by atoms with van der Waals surface area (Å²) in [5, 5.41) is 21.2. The van der Waals surface area contributed by atoms with E-state index >= 15 is 0 Å². The van der Waals surface area contributed by atoms with E-state index in [-0.39, 0.29) is 33.7 Å². The number of carboxylic acid groups (broad SMARTS) is 1. The number of phenolic OH excluding ortho intramolecular Hbond substituents is 1. The van der Waals surface area contributed by atoms with Crippen LogP contribution in [0.25, 0.3) is 0 Å². The van der Waals surface area contributed by atoms with E-state index in [9.17, 15) is 15.0 Å². The molecule has 0 amide bonds. The Morgan fingerprint density at radius 1 is 1.05 bits per heavy atom. The van der Waals surface area contributed by atoms with Crippen molar-refractivity contribution >= 4 is 5.97 Å². The third kappa shape index (κ3) is 5.35. The molecule has 0 aromatic heterocycles. The van der Waals surface area contributed by atoms with Crippen LogP contribution < -0.4 is 5.11 Å². The van der Waals surface area contributed by atoms with E-state index in [4.69, 9.17) is 0 Å². The monoisotopic (exact) mass is 335 g/mol. The van der Waals surface area contributed by atoms with Gasteiger partial charge in [0, 0.05) is 5.97 Å². The van der Waals surface area contributed by atoms with Crippen molar-refractivity contribution in [2.24, 2.45) is 0 Å². The van der Waals surface area contributed by atoms with Gasteiger partial charge in [-0.05, 0) is 40.4 Å². The molecule has 1 N–H and O–H groups in total. The minimum atomic E-state index is -1.05. The van der Waals surface area contributed by atoms with Gasteiger partial charge in [0.05, 0.1) is 0 Å². The third-order valence-electron chi connectivity index (χ3n) is 3.40. The van der Waals surface area contributed by atoms with E-state index in [1.807, 2.05) is 53.7 Å². The number of carbonyl (C=O) groups excluding carboxylic acids is 1. The van der Waals surface area contributed by atoms with E-state index in [0.717, 1.165) is 16.7 Å². The van der Waals surface area contributed by atoms with Gasteiger partial charge in [-0.2, -0.15) is 0 Å². The van der Waals surface area contributed by atoms with Crippen LogP contribution in [0.5, 0.6) is 5.75 Å². The third-order valence-corrected chi connectivity index (χ3v) is 3.40. The fourth-order valence-electron chi connectivity index (χ4n) is 2.23. The van der Waals surface area contributed by atoms with Gasteiger partial charge in [0.25, 0.3) is 0 Å². The molecule has 0 radical (unpaired) electrons. The van der Waals surface area contributed by atoms with Gasteiger partial charge in [-0.3, -0.25) is 0 Å². The minimum absolute atomic E-state index is 0. The summed E-state index contributed by atoms with van der Waals surface area (Å²) in [5.74, 6) is -0.727. The zero-order valence-corrected chi connectivity index (χ0v) is 14.6. The first-order valence-electron chi connectivity index (χ1n) is 6.99. The topological polar surface area (TPSA) is 60.4 Å². The first-order chi connectivity index (χ1) is 8.93. The van der Waals surface area contributed by atoms with Crippen molar-refractivity contribution in [3.63, 3.8) is 0 Å². The molecule has 0 atom stereocenters. The van der Waals surface area contributed by atoms with Crippen LogP contribution >= 0.6 is 0 Å². The Labute approximate surface area is 137 Å². The Bertz CT molecular complexity index is 473. The molecular weight excluding hydrogens is 311 g/mol. The van der Waals surface area contributed by atoms with Crippen molar-refractivity contribution in [2.75, 3.05) is 0 Å². The van der Waals surface area contributed by atoms with Crippen molar-refractivity contribution < 1.29 is 31.5 Å². The molecule has 1 rings (SSSR count). The summed E-state index contributed by atoms with van der Waals surface area (Å²) < 4.78 is 0.